The molecular formula is C43H66N2O8Si3. The zero-order valence-electron chi connectivity index (χ0n) is 36.4. The summed E-state index contributed by atoms with van der Waals surface area (Å²) in [4.78, 5) is 43.1. The van der Waals surface area contributed by atoms with Gasteiger partial charge in [-0.1, -0.05) is 111 Å². The number of aromatic nitrogens is 2. The Labute approximate surface area is 337 Å². The number of aromatic amines is 1. The number of ether oxygens (including phenoxy) is 2. The monoisotopic (exact) mass is 822 g/mol. The van der Waals surface area contributed by atoms with Crippen molar-refractivity contribution in [3.8, 4) is 11.1 Å². The van der Waals surface area contributed by atoms with Gasteiger partial charge in [0.1, 0.15) is 37.6 Å². The number of hydrogen-bond donors (Lipinski definition) is 1. The first-order chi connectivity index (χ1) is 25.6. The van der Waals surface area contributed by atoms with Gasteiger partial charge in [0.25, 0.3) is 5.56 Å². The van der Waals surface area contributed by atoms with E-state index >= 15 is 0 Å². The van der Waals surface area contributed by atoms with Gasteiger partial charge in [0.2, 0.25) is 0 Å². The van der Waals surface area contributed by atoms with E-state index in [1.165, 1.54) is 10.8 Å². The Hall–Kier alpha value is -2.92. The molecule has 1 N–H and O–H groups in total. The minimum absolute atomic E-state index is 0.0381. The van der Waals surface area contributed by atoms with Crippen molar-refractivity contribution in [2.45, 2.75) is 154 Å². The zero-order chi connectivity index (χ0) is 41.8. The third-order valence-electron chi connectivity index (χ3n) is 13.2. The molecule has 1 aliphatic carbocycles. The Morgan fingerprint density at radius 2 is 1.18 bits per heavy atom. The van der Waals surface area contributed by atoms with Crippen molar-refractivity contribution >= 4 is 30.9 Å². The third kappa shape index (κ3) is 9.03. The van der Waals surface area contributed by atoms with Crippen LogP contribution < -0.4 is 11.2 Å². The fourth-order valence-electron chi connectivity index (χ4n) is 6.57. The van der Waals surface area contributed by atoms with E-state index in [4.69, 9.17) is 22.8 Å². The molecule has 1 saturated heterocycles. The van der Waals surface area contributed by atoms with Crippen LogP contribution in [0.5, 0.6) is 0 Å². The molecule has 10 nitrogen and oxygen atoms in total. The van der Waals surface area contributed by atoms with E-state index in [2.05, 4.69) is 131 Å². The van der Waals surface area contributed by atoms with Crippen molar-refractivity contribution < 1.29 is 27.5 Å². The van der Waals surface area contributed by atoms with E-state index in [-0.39, 0.29) is 46.4 Å². The highest BCUT2D eigenvalue weighted by Gasteiger charge is 2.55. The molecule has 2 aromatic carbocycles. The molecule has 0 saturated carbocycles. The van der Waals surface area contributed by atoms with Crippen molar-refractivity contribution in [1.29, 1.82) is 0 Å². The van der Waals surface area contributed by atoms with E-state index in [0.717, 1.165) is 22.3 Å². The standard InChI is InChI=1S/C43H66N2O8Si3/c1-41(2,3)54(10,11)50-27-34-37(52-55(12,13)42(4,5)6)38(53-56(14,15)43(7,8)9)36(51-34)32-24-45(40(48)44-39(32)47)25-35(46)49-26-33-30-22-18-16-20-28(30)29-21-17-19-23-31(29)33/h16-24,33-34,36-38H,25-27H2,1-15H3,(H,44,47,48)/t34-,36+,37-,38+/m1/s1. The fourth-order valence-corrected chi connectivity index (χ4v) is 10.2. The predicted molar refractivity (Wildman–Crippen MR) is 231 cm³/mol. The van der Waals surface area contributed by atoms with Crippen LogP contribution in [0.15, 0.2) is 64.3 Å². The Kier molecular flexibility index (Phi) is 12.4. The number of fused-ring (bicyclic) bond motifs is 3. The zero-order valence-corrected chi connectivity index (χ0v) is 39.4. The van der Waals surface area contributed by atoms with E-state index < -0.39 is 66.6 Å². The van der Waals surface area contributed by atoms with Gasteiger partial charge in [-0.15, -0.1) is 0 Å². The molecule has 56 heavy (non-hydrogen) atoms. The van der Waals surface area contributed by atoms with Gasteiger partial charge < -0.3 is 22.8 Å². The lowest BCUT2D eigenvalue weighted by molar-refractivity contribution is -0.144. The maximum Gasteiger partial charge on any atom is 0.328 e. The molecule has 0 amide bonds. The minimum Gasteiger partial charge on any atom is -0.463 e. The summed E-state index contributed by atoms with van der Waals surface area (Å²) < 4.78 is 35.2. The molecule has 2 aliphatic rings. The van der Waals surface area contributed by atoms with Gasteiger partial charge in [0.15, 0.2) is 25.0 Å². The number of nitrogens with zero attached hydrogens (tertiary/aromatic N) is 1. The van der Waals surface area contributed by atoms with Crippen LogP contribution in [0.2, 0.25) is 54.4 Å². The van der Waals surface area contributed by atoms with Crippen LogP contribution >= 0.6 is 0 Å². The fraction of sp³-hybridized carbons (Fsp3) is 0.605. The number of benzene rings is 2. The number of rotatable bonds is 12. The van der Waals surface area contributed by atoms with Crippen molar-refractivity contribution in [2.24, 2.45) is 0 Å². The second kappa shape index (κ2) is 15.7. The number of esters is 1. The van der Waals surface area contributed by atoms with Gasteiger partial charge in [0.05, 0.1) is 12.2 Å². The molecule has 1 aliphatic heterocycles. The van der Waals surface area contributed by atoms with Crippen LogP contribution in [-0.2, 0) is 34.1 Å². The third-order valence-corrected chi connectivity index (χ3v) is 26.7. The number of nitrogens with one attached hydrogen (secondary N) is 1. The first-order valence-corrected chi connectivity index (χ1v) is 28.7. The van der Waals surface area contributed by atoms with Gasteiger partial charge >= 0.3 is 11.7 Å². The summed E-state index contributed by atoms with van der Waals surface area (Å²) in [5.74, 6) is -0.717. The molecule has 1 fully saturated rings. The van der Waals surface area contributed by atoms with Gasteiger partial charge in [-0.05, 0) is 76.7 Å². The van der Waals surface area contributed by atoms with Gasteiger partial charge in [-0.3, -0.25) is 19.1 Å². The minimum atomic E-state index is -2.50. The Morgan fingerprint density at radius 1 is 0.696 bits per heavy atom. The summed E-state index contributed by atoms with van der Waals surface area (Å²) >= 11 is 0. The molecule has 0 spiro atoms. The maximum absolute atomic E-state index is 13.8. The molecule has 0 radical (unpaired) electrons. The predicted octanol–water partition coefficient (Wildman–Crippen LogP) is 9.13. The topological polar surface area (TPSA) is 118 Å². The van der Waals surface area contributed by atoms with Gasteiger partial charge in [0, 0.05) is 12.1 Å². The molecule has 0 unspecified atom stereocenters. The average Bonchev–Trinajstić information content (AvgIpc) is 3.56. The lowest BCUT2D eigenvalue weighted by Gasteiger charge is -2.44. The number of carbonyl (C=O) groups is 1. The molecule has 1 aromatic heterocycles. The lowest BCUT2D eigenvalue weighted by atomic mass is 9.98. The van der Waals surface area contributed by atoms with Crippen LogP contribution in [-0.4, -0.2) is 72.0 Å². The van der Waals surface area contributed by atoms with Crippen LogP contribution in [0.3, 0.4) is 0 Å². The summed E-state index contributed by atoms with van der Waals surface area (Å²) in [5, 5.41) is -0.321. The summed E-state index contributed by atoms with van der Waals surface area (Å²) in [6.45, 7) is 32.9. The van der Waals surface area contributed by atoms with Crippen molar-refractivity contribution in [3.63, 3.8) is 0 Å². The Bertz CT molecular complexity index is 1970. The van der Waals surface area contributed by atoms with Crippen molar-refractivity contribution in [2.75, 3.05) is 13.2 Å². The largest absolute Gasteiger partial charge is 0.463 e. The van der Waals surface area contributed by atoms with Gasteiger partial charge in [-0.25, -0.2) is 4.79 Å². The van der Waals surface area contributed by atoms with Crippen LogP contribution in [0.1, 0.15) is 91.0 Å². The van der Waals surface area contributed by atoms with E-state index in [9.17, 15) is 14.4 Å². The highest BCUT2D eigenvalue weighted by atomic mass is 28.4. The Morgan fingerprint density at radius 3 is 1.68 bits per heavy atom. The Balaban J connectivity index is 1.49. The highest BCUT2D eigenvalue weighted by Crippen LogP contribution is 2.48. The first kappa shape index (κ1) is 44.2. The summed E-state index contributed by atoms with van der Waals surface area (Å²) in [6, 6.07) is 16.3. The second-order valence-corrected chi connectivity index (χ2v) is 34.6. The molecule has 308 valence electrons. The summed E-state index contributed by atoms with van der Waals surface area (Å²) in [6.07, 6.45) is -1.25. The average molecular weight is 823 g/mol. The molecule has 0 bridgehead atoms. The smallest absolute Gasteiger partial charge is 0.328 e. The van der Waals surface area contributed by atoms with Crippen molar-refractivity contribution in [3.05, 3.63) is 92.3 Å². The molecule has 2 heterocycles. The van der Waals surface area contributed by atoms with E-state index in [0.29, 0.717) is 0 Å². The molecule has 4 atom stereocenters. The van der Waals surface area contributed by atoms with Crippen LogP contribution in [0.25, 0.3) is 11.1 Å². The highest BCUT2D eigenvalue weighted by molar-refractivity contribution is 6.75. The molecule has 3 aromatic rings. The SMILES string of the molecule is CC(C)(C)[Si](C)(C)OC[C@H]1O[C@@H](c2cn(CC(=O)OCC3c4ccccc4-c4ccccc43)c(=O)[nH]c2=O)[C@H](O[Si](C)(C)C(C)(C)C)[C@@H]1O[Si](C)(C)C(C)(C)C. The quantitative estimate of drug-likeness (QED) is 0.142. The second-order valence-electron chi connectivity index (χ2n) is 20.2. The van der Waals surface area contributed by atoms with Crippen molar-refractivity contribution in [1.82, 2.24) is 9.55 Å². The summed E-state index contributed by atoms with van der Waals surface area (Å²) in [5.41, 5.74) is 3.33. The number of H-pyrrole nitrogens is 1. The van der Waals surface area contributed by atoms with E-state index in [1.807, 2.05) is 24.3 Å². The first-order valence-electron chi connectivity index (χ1n) is 20.0. The van der Waals surface area contributed by atoms with Gasteiger partial charge in [-0.2, -0.15) is 0 Å². The molecule has 13 heteroatoms. The lowest BCUT2D eigenvalue weighted by Crippen LogP contribution is -2.54. The maximum atomic E-state index is 13.8. The van der Waals surface area contributed by atoms with E-state index in [1.54, 1.807) is 0 Å². The normalized spacial score (nSPS) is 20.9. The summed E-state index contributed by atoms with van der Waals surface area (Å²) in [7, 11) is -7.15. The van der Waals surface area contributed by atoms with Crippen LogP contribution in [0.4, 0.5) is 0 Å². The van der Waals surface area contributed by atoms with Crippen LogP contribution in [0, 0.1) is 0 Å². The number of hydrogen-bond acceptors (Lipinski definition) is 8. The molecule has 5 rings (SSSR count). The molecular weight excluding hydrogens is 757 g/mol. The number of carbonyl (C=O) groups excluding carboxylic acids is 1.